The lowest BCUT2D eigenvalue weighted by molar-refractivity contribution is 0.345. The number of unbranched alkanes of at least 4 members (excludes halogenated alkanes) is 16. The minimum Gasteiger partial charge on any atom is -0.324 e. The molecule has 27 heavy (non-hydrogen) atoms. The number of rotatable bonds is 21. The second-order valence-corrected chi connectivity index (χ2v) is 10.4. The Balaban J connectivity index is 3.65. The summed E-state index contributed by atoms with van der Waals surface area (Å²) in [4.78, 5) is 19.3. The van der Waals surface area contributed by atoms with Crippen LogP contribution in [-0.2, 0) is 4.57 Å². The minimum atomic E-state index is -3.92. The van der Waals surface area contributed by atoms with Gasteiger partial charge in [-0.3, -0.25) is 4.57 Å². The van der Waals surface area contributed by atoms with Crippen molar-refractivity contribution in [2.45, 2.75) is 148 Å². The topological polar surface area (TPSA) is 57.5 Å². The van der Waals surface area contributed by atoms with Crippen molar-refractivity contribution < 1.29 is 14.4 Å². The van der Waals surface area contributed by atoms with Gasteiger partial charge in [0.05, 0.1) is 5.66 Å². The molecule has 0 fully saturated rings. The van der Waals surface area contributed by atoms with Crippen LogP contribution in [-0.4, -0.2) is 15.4 Å². The zero-order valence-corrected chi connectivity index (χ0v) is 19.4. The van der Waals surface area contributed by atoms with Gasteiger partial charge in [-0.1, -0.05) is 129 Å². The fourth-order valence-corrected chi connectivity index (χ4v) is 4.90. The summed E-state index contributed by atoms with van der Waals surface area (Å²) < 4.78 is 11.8. The van der Waals surface area contributed by atoms with Gasteiger partial charge in [-0.15, -0.1) is 0 Å². The summed E-state index contributed by atoms with van der Waals surface area (Å²) in [5.41, 5.74) is -0.397. The van der Waals surface area contributed by atoms with E-state index in [0.717, 1.165) is 25.7 Å². The van der Waals surface area contributed by atoms with Gasteiger partial charge in [-0.25, -0.2) is 0 Å². The molecule has 0 aliphatic carbocycles. The van der Waals surface area contributed by atoms with Gasteiger partial charge in [0.15, 0.2) is 0 Å². The van der Waals surface area contributed by atoms with Crippen molar-refractivity contribution in [2.75, 3.05) is 0 Å². The molecule has 3 nitrogen and oxygen atoms in total. The molecule has 4 heteroatoms. The van der Waals surface area contributed by atoms with Gasteiger partial charge < -0.3 is 9.79 Å². The molecule has 0 amide bonds. The summed E-state index contributed by atoms with van der Waals surface area (Å²) in [6, 6.07) is 0. The molecule has 0 aromatic heterocycles. The molecule has 0 aromatic rings. The van der Waals surface area contributed by atoms with Crippen LogP contribution in [0.4, 0.5) is 0 Å². The molecule has 2 N–H and O–H groups in total. The van der Waals surface area contributed by atoms with Crippen molar-refractivity contribution in [2.24, 2.45) is 0 Å². The maximum atomic E-state index is 11.8. The molecular formula is C23H49O3P. The lowest BCUT2D eigenvalue weighted by Crippen LogP contribution is -2.08. The first-order valence-electron chi connectivity index (χ1n) is 12.1. The normalized spacial score (nSPS) is 12.2. The molecule has 0 aromatic carbocycles. The van der Waals surface area contributed by atoms with Crippen molar-refractivity contribution in [3.05, 3.63) is 0 Å². The first-order valence-corrected chi connectivity index (χ1v) is 13.8. The Bertz CT molecular complexity index is 319. The first kappa shape index (κ1) is 27.1. The second kappa shape index (κ2) is 19.5. The molecule has 164 valence electrons. The van der Waals surface area contributed by atoms with Crippen LogP contribution in [0.5, 0.6) is 0 Å². The van der Waals surface area contributed by atoms with Crippen molar-refractivity contribution in [3.63, 3.8) is 0 Å². The molecule has 0 saturated heterocycles. The van der Waals surface area contributed by atoms with Gasteiger partial charge in [0, 0.05) is 0 Å². The second-order valence-electron chi connectivity index (χ2n) is 8.48. The summed E-state index contributed by atoms with van der Waals surface area (Å²) >= 11 is 0. The molecule has 0 rings (SSSR count). The number of hydrogen-bond donors (Lipinski definition) is 2. The summed E-state index contributed by atoms with van der Waals surface area (Å²) in [5, 5.41) is 0. The van der Waals surface area contributed by atoms with Crippen molar-refractivity contribution in [1.29, 1.82) is 0 Å². The Morgan fingerprint density at radius 1 is 0.519 bits per heavy atom. The third-order valence-corrected chi connectivity index (χ3v) is 7.23. The Morgan fingerprint density at radius 2 is 0.778 bits per heavy atom. The maximum absolute atomic E-state index is 11.8. The van der Waals surface area contributed by atoms with E-state index in [1.165, 1.54) is 89.9 Å². The van der Waals surface area contributed by atoms with E-state index in [0.29, 0.717) is 12.8 Å². The average molecular weight is 405 g/mol. The molecule has 0 heterocycles. The fourth-order valence-electron chi connectivity index (χ4n) is 3.86. The molecule has 0 aliphatic heterocycles. The molecule has 0 atom stereocenters. The highest BCUT2D eigenvalue weighted by molar-refractivity contribution is 7.52. The molecule has 0 aliphatic rings. The van der Waals surface area contributed by atoms with E-state index in [-0.39, 0.29) is 0 Å². The Labute approximate surface area is 170 Å². The van der Waals surface area contributed by atoms with Crippen LogP contribution in [0, 0.1) is 0 Å². The third kappa shape index (κ3) is 19.2. The maximum Gasteiger partial charge on any atom is 0.328 e. The van der Waals surface area contributed by atoms with Gasteiger partial charge in [-0.2, -0.15) is 0 Å². The van der Waals surface area contributed by atoms with Crippen LogP contribution in [0.15, 0.2) is 0 Å². The minimum absolute atomic E-state index is 0.397. The summed E-state index contributed by atoms with van der Waals surface area (Å²) in [6.07, 6.45) is 23.9. The van der Waals surface area contributed by atoms with Crippen LogP contribution in [0.3, 0.4) is 0 Å². The zero-order valence-electron chi connectivity index (χ0n) is 18.5. The zero-order chi connectivity index (χ0) is 20.2. The summed E-state index contributed by atoms with van der Waals surface area (Å²) in [5.74, 6) is 0. The van der Waals surface area contributed by atoms with Crippen LogP contribution < -0.4 is 0 Å². The van der Waals surface area contributed by atoms with Gasteiger partial charge in [-0.05, 0) is 12.8 Å². The predicted molar refractivity (Wildman–Crippen MR) is 120 cm³/mol. The van der Waals surface area contributed by atoms with Crippen LogP contribution >= 0.6 is 7.60 Å². The Kier molecular flexibility index (Phi) is 19.6. The summed E-state index contributed by atoms with van der Waals surface area (Å²) in [6.45, 7) is 4.48. The highest BCUT2D eigenvalue weighted by Gasteiger charge is 2.27. The Hall–Kier alpha value is 0.150. The van der Waals surface area contributed by atoms with E-state index in [1.807, 2.05) is 0 Å². The highest BCUT2D eigenvalue weighted by Crippen LogP contribution is 2.46. The Morgan fingerprint density at radius 3 is 1.04 bits per heavy atom. The van der Waals surface area contributed by atoms with Gasteiger partial charge in [0.2, 0.25) is 0 Å². The van der Waals surface area contributed by atoms with E-state index >= 15 is 0 Å². The lowest BCUT2D eigenvalue weighted by Gasteiger charge is -2.18. The van der Waals surface area contributed by atoms with E-state index in [4.69, 9.17) is 0 Å². The van der Waals surface area contributed by atoms with Gasteiger partial charge >= 0.3 is 7.60 Å². The first-order chi connectivity index (χ1) is 13.0. The predicted octanol–water partition coefficient (Wildman–Crippen LogP) is 8.37. The smallest absolute Gasteiger partial charge is 0.324 e. The van der Waals surface area contributed by atoms with Crippen molar-refractivity contribution in [3.8, 4) is 0 Å². The lowest BCUT2D eigenvalue weighted by atomic mass is 10.0. The molecule has 0 saturated carbocycles. The molecule has 0 radical (unpaired) electrons. The van der Waals surface area contributed by atoms with Crippen LogP contribution in [0.25, 0.3) is 0 Å². The standard InChI is InChI=1S/C23H49O3P/c1-3-5-7-9-11-13-15-17-19-21-23(27(24,25)26)22-20-18-16-14-12-10-8-6-4-2/h23H,3-22H2,1-2H3,(H2,24,25,26). The van der Waals surface area contributed by atoms with Crippen LogP contribution in [0.1, 0.15) is 142 Å². The number of hydrogen-bond acceptors (Lipinski definition) is 1. The van der Waals surface area contributed by atoms with Gasteiger partial charge in [0.1, 0.15) is 0 Å². The quantitative estimate of drug-likeness (QED) is 0.149. The fraction of sp³-hybridized carbons (Fsp3) is 1.00. The van der Waals surface area contributed by atoms with Crippen molar-refractivity contribution in [1.82, 2.24) is 0 Å². The molecule has 0 unspecified atom stereocenters. The molecular weight excluding hydrogens is 355 g/mol. The average Bonchev–Trinajstić information content (AvgIpc) is 2.62. The summed E-state index contributed by atoms with van der Waals surface area (Å²) in [7, 11) is -3.92. The monoisotopic (exact) mass is 404 g/mol. The molecule has 0 spiro atoms. The van der Waals surface area contributed by atoms with Crippen molar-refractivity contribution >= 4 is 7.60 Å². The largest absolute Gasteiger partial charge is 0.328 e. The van der Waals surface area contributed by atoms with E-state index < -0.39 is 13.3 Å². The SMILES string of the molecule is CCCCCCCCCCCC(CCCCCCCCCCC)P(=O)(O)O. The highest BCUT2D eigenvalue weighted by atomic mass is 31.2. The molecule has 0 bridgehead atoms. The third-order valence-electron chi connectivity index (χ3n) is 5.76. The van der Waals surface area contributed by atoms with E-state index in [2.05, 4.69) is 13.8 Å². The van der Waals surface area contributed by atoms with E-state index in [1.54, 1.807) is 0 Å². The van der Waals surface area contributed by atoms with Crippen LogP contribution in [0.2, 0.25) is 0 Å². The van der Waals surface area contributed by atoms with Gasteiger partial charge in [0.25, 0.3) is 0 Å². The van der Waals surface area contributed by atoms with E-state index in [9.17, 15) is 14.4 Å².